The van der Waals surface area contributed by atoms with Crippen molar-refractivity contribution in [2.75, 3.05) is 32.8 Å². The minimum absolute atomic E-state index is 0.113. The van der Waals surface area contributed by atoms with Crippen LogP contribution in [-0.2, 0) is 16.7 Å². The zero-order chi connectivity index (χ0) is 16.7. The van der Waals surface area contributed by atoms with Crippen molar-refractivity contribution >= 4 is 16.8 Å². The Morgan fingerprint density at radius 3 is 2.67 bits per heavy atom. The minimum atomic E-state index is 0.113. The molecule has 1 fully saturated rings. The number of hydrogen-bond acceptors (Lipinski definition) is 2. The van der Waals surface area contributed by atoms with E-state index in [1.807, 2.05) is 0 Å². The molecule has 1 aliphatic rings. The number of morpholine rings is 1. The van der Waals surface area contributed by atoms with Gasteiger partial charge in [-0.1, -0.05) is 32.9 Å². The van der Waals surface area contributed by atoms with Crippen LogP contribution in [0.25, 0.3) is 16.8 Å². The molecule has 0 bridgehead atoms. The van der Waals surface area contributed by atoms with Crippen LogP contribution >= 0.6 is 0 Å². The first kappa shape index (κ1) is 15.7. The number of rotatable bonds is 3. The Hall–Kier alpha value is -1.85. The molecule has 1 aromatic carbocycles. The Balaban J connectivity index is 1.74. The van der Waals surface area contributed by atoms with E-state index in [2.05, 4.69) is 70.1 Å². The predicted molar refractivity (Wildman–Crippen MR) is 95.4 cm³/mol. The molecule has 4 rings (SSSR count). The Morgan fingerprint density at radius 2 is 1.92 bits per heavy atom. The van der Waals surface area contributed by atoms with Crippen LogP contribution in [-0.4, -0.2) is 47.1 Å². The molecule has 1 N–H and O–H groups in total. The van der Waals surface area contributed by atoms with E-state index in [1.54, 1.807) is 0 Å². The summed E-state index contributed by atoms with van der Waals surface area (Å²) in [6, 6.07) is 8.66. The average Bonchev–Trinajstić information content (AvgIpc) is 3.12. The Bertz CT molecular complexity index is 849. The zero-order valence-corrected chi connectivity index (χ0v) is 14.9. The highest BCUT2D eigenvalue weighted by atomic mass is 16.5. The maximum atomic E-state index is 5.46. The lowest BCUT2D eigenvalue weighted by Crippen LogP contribution is -2.44. The molecule has 5 nitrogen and oxygen atoms in total. The molecule has 0 saturated carbocycles. The van der Waals surface area contributed by atoms with Gasteiger partial charge in [-0.3, -0.25) is 4.90 Å². The second kappa shape index (κ2) is 5.90. The van der Waals surface area contributed by atoms with Crippen molar-refractivity contribution in [2.45, 2.75) is 32.7 Å². The smallest absolute Gasteiger partial charge is 0.367 e. The Kier molecular flexibility index (Phi) is 3.85. The van der Waals surface area contributed by atoms with Crippen LogP contribution in [0.3, 0.4) is 0 Å². The molecule has 0 aliphatic carbocycles. The number of ether oxygens (including phenoxy) is 1. The fourth-order valence-electron chi connectivity index (χ4n) is 3.47. The van der Waals surface area contributed by atoms with E-state index in [1.165, 1.54) is 22.5 Å². The molecule has 0 radical (unpaired) electrons. The number of fused-ring (bicyclic) bond motifs is 3. The monoisotopic (exact) mass is 327 g/mol. The van der Waals surface area contributed by atoms with Crippen LogP contribution in [0.4, 0.5) is 0 Å². The van der Waals surface area contributed by atoms with Crippen molar-refractivity contribution in [1.82, 2.24) is 14.3 Å². The second-order valence-electron chi connectivity index (χ2n) is 7.71. The largest absolute Gasteiger partial charge is 0.379 e. The summed E-state index contributed by atoms with van der Waals surface area (Å²) in [4.78, 5) is 6.15. The van der Waals surface area contributed by atoms with Crippen LogP contribution < -0.4 is 4.57 Å². The Morgan fingerprint density at radius 1 is 1.17 bits per heavy atom. The highest BCUT2D eigenvalue weighted by Gasteiger charge is 2.26. The number of nitrogens with one attached hydrogen (secondary N) is 1. The van der Waals surface area contributed by atoms with Gasteiger partial charge in [0.05, 0.1) is 19.8 Å². The van der Waals surface area contributed by atoms with Gasteiger partial charge in [-0.25, -0.2) is 9.55 Å². The van der Waals surface area contributed by atoms with Gasteiger partial charge in [0.2, 0.25) is 0 Å². The van der Waals surface area contributed by atoms with Gasteiger partial charge >= 0.3 is 5.78 Å². The van der Waals surface area contributed by atoms with Gasteiger partial charge in [-0.2, -0.15) is 4.40 Å². The third-order valence-electron chi connectivity index (χ3n) is 4.97. The summed E-state index contributed by atoms with van der Waals surface area (Å²) in [6.07, 6.45) is 2.25. The van der Waals surface area contributed by atoms with Crippen LogP contribution in [0.15, 0.2) is 30.5 Å². The van der Waals surface area contributed by atoms with Crippen LogP contribution in [0, 0.1) is 0 Å². The van der Waals surface area contributed by atoms with Gasteiger partial charge in [0.25, 0.3) is 0 Å². The molecule has 24 heavy (non-hydrogen) atoms. The standard InChI is InChI=1S/C19H26N4O/c1-19(2,3)17-14-23-16-7-5-4-6-15(16)22(18(23)20-17)9-8-21-10-12-24-13-11-21/h4-7,14H,8-13H2,1-3H3/p+1. The molecule has 0 amide bonds. The SMILES string of the molecule is CC(C)(C)c1cn2c3ccccc3[n+](CCN3CCOCC3)c2[nH]1. The number of aromatic nitrogens is 3. The molecule has 0 spiro atoms. The van der Waals surface area contributed by atoms with E-state index < -0.39 is 0 Å². The number of benzene rings is 1. The second-order valence-corrected chi connectivity index (χ2v) is 7.71. The summed E-state index contributed by atoms with van der Waals surface area (Å²) in [7, 11) is 0. The van der Waals surface area contributed by atoms with E-state index >= 15 is 0 Å². The topological polar surface area (TPSA) is 36.5 Å². The number of hydrogen-bond donors (Lipinski definition) is 1. The normalized spacial score (nSPS) is 17.1. The molecule has 1 aliphatic heterocycles. The van der Waals surface area contributed by atoms with E-state index in [-0.39, 0.29) is 5.41 Å². The Labute approximate surface area is 142 Å². The molecule has 128 valence electrons. The van der Waals surface area contributed by atoms with Crippen molar-refractivity contribution in [3.63, 3.8) is 0 Å². The first-order chi connectivity index (χ1) is 11.5. The summed E-state index contributed by atoms with van der Waals surface area (Å²) in [5.41, 5.74) is 3.93. The summed E-state index contributed by atoms with van der Waals surface area (Å²) >= 11 is 0. The molecule has 1 saturated heterocycles. The fraction of sp³-hybridized carbons (Fsp3) is 0.526. The van der Waals surface area contributed by atoms with Crippen LogP contribution in [0.1, 0.15) is 26.5 Å². The number of para-hydroxylation sites is 2. The van der Waals surface area contributed by atoms with Gasteiger partial charge in [0.1, 0.15) is 22.9 Å². The maximum absolute atomic E-state index is 5.46. The third-order valence-corrected chi connectivity index (χ3v) is 4.97. The molecular formula is C19H27N4O+. The maximum Gasteiger partial charge on any atom is 0.367 e. The molecule has 3 aromatic rings. The van der Waals surface area contributed by atoms with Crippen LogP contribution in [0.5, 0.6) is 0 Å². The van der Waals surface area contributed by atoms with Crippen molar-refractivity contribution in [3.05, 3.63) is 36.2 Å². The summed E-state index contributed by atoms with van der Waals surface area (Å²) < 4.78 is 10.2. The van der Waals surface area contributed by atoms with Gasteiger partial charge in [0, 0.05) is 25.0 Å². The molecule has 0 atom stereocenters. The number of nitrogens with zero attached hydrogens (tertiary/aromatic N) is 3. The summed E-state index contributed by atoms with van der Waals surface area (Å²) in [5.74, 6) is 1.18. The van der Waals surface area contributed by atoms with Gasteiger partial charge < -0.3 is 4.74 Å². The molecular weight excluding hydrogens is 300 g/mol. The van der Waals surface area contributed by atoms with Gasteiger partial charge in [-0.05, 0) is 12.1 Å². The molecule has 2 aromatic heterocycles. The number of aromatic amines is 1. The average molecular weight is 327 g/mol. The summed E-state index contributed by atoms with van der Waals surface area (Å²) in [6.45, 7) is 12.6. The quantitative estimate of drug-likeness (QED) is 0.750. The number of imidazole rings is 2. The van der Waals surface area contributed by atoms with E-state index in [0.717, 1.165) is 39.4 Å². The lowest BCUT2D eigenvalue weighted by atomic mass is 9.93. The van der Waals surface area contributed by atoms with Gasteiger partial charge in [0.15, 0.2) is 0 Å². The van der Waals surface area contributed by atoms with E-state index in [9.17, 15) is 0 Å². The van der Waals surface area contributed by atoms with Crippen molar-refractivity contribution in [1.29, 1.82) is 0 Å². The van der Waals surface area contributed by atoms with Crippen molar-refractivity contribution in [3.8, 4) is 0 Å². The van der Waals surface area contributed by atoms with E-state index in [4.69, 9.17) is 4.74 Å². The molecule has 0 unspecified atom stereocenters. The zero-order valence-electron chi connectivity index (χ0n) is 14.9. The first-order valence-corrected chi connectivity index (χ1v) is 8.86. The highest BCUT2D eigenvalue weighted by molar-refractivity contribution is 5.75. The van der Waals surface area contributed by atoms with E-state index in [0.29, 0.717) is 0 Å². The molecule has 5 heteroatoms. The number of H-pyrrole nitrogens is 1. The lowest BCUT2D eigenvalue weighted by molar-refractivity contribution is -0.647. The predicted octanol–water partition coefficient (Wildman–Crippen LogP) is 2.34. The minimum Gasteiger partial charge on any atom is -0.379 e. The third kappa shape index (κ3) is 2.72. The van der Waals surface area contributed by atoms with Crippen molar-refractivity contribution < 1.29 is 9.30 Å². The highest BCUT2D eigenvalue weighted by Crippen LogP contribution is 2.23. The molecule has 3 heterocycles. The summed E-state index contributed by atoms with van der Waals surface area (Å²) in [5, 5.41) is 0. The fourth-order valence-corrected chi connectivity index (χ4v) is 3.47. The van der Waals surface area contributed by atoms with Crippen molar-refractivity contribution in [2.24, 2.45) is 0 Å². The lowest BCUT2D eigenvalue weighted by Gasteiger charge is -2.25. The van der Waals surface area contributed by atoms with Gasteiger partial charge in [-0.15, -0.1) is 0 Å². The van der Waals surface area contributed by atoms with Crippen LogP contribution in [0.2, 0.25) is 0 Å². The first-order valence-electron chi connectivity index (χ1n) is 8.86.